The number of hydrogen-bond donors (Lipinski definition) is 5. The number of carbonyl (C=O) groups is 3. The number of hydrazone groups is 1. The molecule has 14 nitrogen and oxygen atoms in total. The number of methoxy groups -OCH3 is 2. The molecule has 0 radical (unpaired) electrons. The van der Waals surface area contributed by atoms with Gasteiger partial charge in [-0.25, -0.2) is 14.4 Å². The molecule has 2 amide bonds. The number of benzene rings is 2. The number of carboxylic acid groups (broad SMARTS) is 1. The van der Waals surface area contributed by atoms with Gasteiger partial charge in [0.2, 0.25) is 0 Å². The summed E-state index contributed by atoms with van der Waals surface area (Å²) in [6.45, 7) is 2.87. The van der Waals surface area contributed by atoms with Gasteiger partial charge in [-0.2, -0.15) is 5.10 Å². The van der Waals surface area contributed by atoms with Crippen molar-refractivity contribution < 1.29 is 48.3 Å². The van der Waals surface area contributed by atoms with Crippen molar-refractivity contribution in [3.63, 3.8) is 0 Å². The first-order valence-corrected chi connectivity index (χ1v) is 12.9. The van der Waals surface area contributed by atoms with Crippen LogP contribution < -0.4 is 35.0 Å². The van der Waals surface area contributed by atoms with E-state index in [0.29, 0.717) is 34.9 Å². The molecule has 15 heteroatoms. The van der Waals surface area contributed by atoms with Gasteiger partial charge < -0.3 is 44.5 Å². The third-order valence-electron chi connectivity index (χ3n) is 5.70. The Balaban J connectivity index is 1.68. The van der Waals surface area contributed by atoms with E-state index in [1.54, 1.807) is 32.0 Å². The first-order valence-electron chi connectivity index (χ1n) is 12.5. The second-order valence-electron chi connectivity index (χ2n) is 8.63. The smallest absolute Gasteiger partial charge is 0.341 e. The van der Waals surface area contributed by atoms with Gasteiger partial charge in [-0.15, -0.1) is 0 Å². The third-order valence-corrected chi connectivity index (χ3v) is 5.98. The van der Waals surface area contributed by atoms with E-state index in [1.807, 2.05) is 0 Å². The van der Waals surface area contributed by atoms with Crippen molar-refractivity contribution in [2.24, 2.45) is 5.10 Å². The number of allylic oxidation sites excluding steroid dienone is 1. The van der Waals surface area contributed by atoms with Crippen molar-refractivity contribution in [1.82, 2.24) is 16.1 Å². The van der Waals surface area contributed by atoms with Crippen LogP contribution in [0.2, 0.25) is 5.02 Å². The summed E-state index contributed by atoms with van der Waals surface area (Å²) in [5.74, 6) is -0.854. The van der Waals surface area contributed by atoms with Crippen molar-refractivity contribution in [2.75, 3.05) is 34.0 Å². The lowest BCUT2D eigenvalue weighted by Crippen LogP contribution is -2.45. The van der Waals surface area contributed by atoms with Crippen LogP contribution in [-0.4, -0.2) is 74.7 Å². The van der Waals surface area contributed by atoms with Crippen molar-refractivity contribution in [2.45, 2.75) is 26.1 Å². The Morgan fingerprint density at radius 3 is 2.57 bits per heavy atom. The number of rotatable bonds is 14. The summed E-state index contributed by atoms with van der Waals surface area (Å²) in [6, 6.07) is 6.63. The van der Waals surface area contributed by atoms with E-state index in [4.69, 9.17) is 40.4 Å². The lowest BCUT2D eigenvalue weighted by Gasteiger charge is -2.28. The van der Waals surface area contributed by atoms with Gasteiger partial charge in [0.15, 0.2) is 35.8 Å². The quantitative estimate of drug-likeness (QED) is 0.0919. The Kier molecular flexibility index (Phi) is 11.2. The average molecular weight is 607 g/mol. The number of hydrogen-bond acceptors (Lipinski definition) is 11. The number of carboxylic acids is 1. The molecule has 3 rings (SSSR count). The number of aliphatic hydroxyl groups excluding tert-OH is 1. The fraction of sp³-hybridized carbons (Fsp3) is 0.333. The molecule has 0 unspecified atom stereocenters. The lowest BCUT2D eigenvalue weighted by molar-refractivity contribution is -0.139. The fourth-order valence-electron chi connectivity index (χ4n) is 3.91. The fourth-order valence-corrected chi connectivity index (χ4v) is 4.18. The van der Waals surface area contributed by atoms with E-state index in [-0.39, 0.29) is 28.7 Å². The average Bonchev–Trinajstić information content (AvgIpc) is 2.94. The summed E-state index contributed by atoms with van der Waals surface area (Å²) in [5, 5.41) is 28.5. The van der Waals surface area contributed by atoms with E-state index in [9.17, 15) is 19.5 Å². The maximum absolute atomic E-state index is 12.4. The van der Waals surface area contributed by atoms with Crippen LogP contribution in [0.4, 0.5) is 4.79 Å². The number of urea groups is 1. The van der Waals surface area contributed by atoms with Crippen LogP contribution in [0, 0.1) is 0 Å². The van der Waals surface area contributed by atoms with Crippen LogP contribution in [0.25, 0.3) is 0 Å². The van der Waals surface area contributed by atoms with Gasteiger partial charge in [0, 0.05) is 5.70 Å². The zero-order chi connectivity index (χ0) is 30.8. The number of nitrogens with one attached hydrogen (secondary N) is 3. The molecule has 5 N–H and O–H groups in total. The molecular formula is C27H31ClN4O10. The number of halogens is 1. The highest BCUT2D eigenvalue weighted by Gasteiger charge is 2.32. The van der Waals surface area contributed by atoms with E-state index in [2.05, 4.69) is 21.2 Å². The van der Waals surface area contributed by atoms with Crippen LogP contribution in [0.15, 0.2) is 46.7 Å². The summed E-state index contributed by atoms with van der Waals surface area (Å²) in [6.07, 6.45) is 0.131. The molecule has 0 spiro atoms. The molecule has 1 aliphatic heterocycles. The van der Waals surface area contributed by atoms with E-state index < -0.39 is 36.8 Å². The SMILES string of the molecule is CCOc1cc([C@H]2NC(=O)NC(C)=C2C(=O)OC)ccc1OC[C@@H](O)N/N=C\c1cc(Cl)c(OCC(=O)O)c(OC)c1. The molecule has 2 aromatic rings. The molecule has 1 aliphatic rings. The normalized spacial score (nSPS) is 15.4. The molecule has 2 aromatic carbocycles. The number of esters is 1. The summed E-state index contributed by atoms with van der Waals surface area (Å²) >= 11 is 6.19. The van der Waals surface area contributed by atoms with Crippen LogP contribution in [0.3, 0.4) is 0 Å². The van der Waals surface area contributed by atoms with Crippen LogP contribution in [-0.2, 0) is 14.3 Å². The monoisotopic (exact) mass is 606 g/mol. The first-order chi connectivity index (χ1) is 20.1. The molecule has 0 saturated carbocycles. The molecule has 226 valence electrons. The molecule has 0 aromatic heterocycles. The molecule has 2 atom stereocenters. The number of nitrogens with zero attached hydrogens (tertiary/aromatic N) is 1. The lowest BCUT2D eigenvalue weighted by atomic mass is 9.95. The zero-order valence-electron chi connectivity index (χ0n) is 23.2. The maximum atomic E-state index is 12.4. The molecular weight excluding hydrogens is 576 g/mol. The summed E-state index contributed by atoms with van der Waals surface area (Å²) in [5.41, 5.74) is 4.16. The third kappa shape index (κ3) is 8.17. The Bertz CT molecular complexity index is 1380. The summed E-state index contributed by atoms with van der Waals surface area (Å²) < 4.78 is 26.7. The Labute approximate surface area is 246 Å². The largest absolute Gasteiger partial charge is 0.493 e. The van der Waals surface area contributed by atoms with E-state index in [0.717, 1.165) is 0 Å². The van der Waals surface area contributed by atoms with Gasteiger partial charge in [-0.1, -0.05) is 17.7 Å². The van der Waals surface area contributed by atoms with E-state index in [1.165, 1.54) is 32.6 Å². The molecule has 0 fully saturated rings. The zero-order valence-corrected chi connectivity index (χ0v) is 24.0. The Morgan fingerprint density at radius 1 is 1.14 bits per heavy atom. The summed E-state index contributed by atoms with van der Waals surface area (Å²) in [7, 11) is 2.63. The maximum Gasteiger partial charge on any atom is 0.341 e. The van der Waals surface area contributed by atoms with Gasteiger partial charge in [0.05, 0.1) is 43.7 Å². The number of ether oxygens (including phenoxy) is 5. The second-order valence-corrected chi connectivity index (χ2v) is 9.04. The highest BCUT2D eigenvalue weighted by Crippen LogP contribution is 2.36. The van der Waals surface area contributed by atoms with E-state index >= 15 is 0 Å². The van der Waals surface area contributed by atoms with Crippen molar-refractivity contribution in [1.29, 1.82) is 0 Å². The topological polar surface area (TPSA) is 186 Å². The summed E-state index contributed by atoms with van der Waals surface area (Å²) in [4.78, 5) is 35.3. The molecule has 0 bridgehead atoms. The van der Waals surface area contributed by atoms with Crippen molar-refractivity contribution in [3.05, 3.63) is 57.8 Å². The molecule has 0 saturated heterocycles. The second kappa shape index (κ2) is 14.8. The highest BCUT2D eigenvalue weighted by atomic mass is 35.5. The van der Waals surface area contributed by atoms with Crippen molar-refractivity contribution in [3.8, 4) is 23.0 Å². The van der Waals surface area contributed by atoms with Crippen molar-refractivity contribution >= 4 is 35.8 Å². The number of carbonyl (C=O) groups excluding carboxylic acids is 2. The van der Waals surface area contributed by atoms with Crippen LogP contribution >= 0.6 is 11.6 Å². The molecule has 1 heterocycles. The van der Waals surface area contributed by atoms with Gasteiger partial charge in [-0.3, -0.25) is 5.43 Å². The first kappa shape index (κ1) is 31.8. The number of aliphatic hydroxyl groups is 1. The van der Waals surface area contributed by atoms with Gasteiger partial charge in [0.25, 0.3) is 0 Å². The molecule has 42 heavy (non-hydrogen) atoms. The molecule has 0 aliphatic carbocycles. The highest BCUT2D eigenvalue weighted by molar-refractivity contribution is 6.32. The van der Waals surface area contributed by atoms with Gasteiger partial charge in [-0.05, 0) is 49.2 Å². The number of aliphatic carboxylic acids is 1. The minimum absolute atomic E-state index is 0.0754. The number of amides is 2. The van der Waals surface area contributed by atoms with Crippen LogP contribution in [0.1, 0.15) is 31.0 Å². The Hall–Kier alpha value is -4.69. The minimum atomic E-state index is -1.23. The van der Waals surface area contributed by atoms with Gasteiger partial charge in [0.1, 0.15) is 6.61 Å². The van der Waals surface area contributed by atoms with Gasteiger partial charge >= 0.3 is 18.0 Å². The predicted octanol–water partition coefficient (Wildman–Crippen LogP) is 2.33. The standard InChI is InChI=1S/C27H31ClN4O10/c1-5-40-19-10-16(24-23(26(36)39-4)14(2)30-27(37)31-24)6-7-18(19)41-12-21(33)32-29-11-15-8-17(28)25(20(9-15)38-3)42-13-22(34)35/h6-11,21,24,32-33H,5,12-13H2,1-4H3,(H,34,35)(H2,30,31,37)/b29-11-/t21-,24-/m1/s1. The minimum Gasteiger partial charge on any atom is -0.493 e. The van der Waals surface area contributed by atoms with Crippen LogP contribution in [0.5, 0.6) is 23.0 Å². The Morgan fingerprint density at radius 2 is 1.90 bits per heavy atom. The predicted molar refractivity (Wildman–Crippen MR) is 150 cm³/mol.